The van der Waals surface area contributed by atoms with Crippen LogP contribution in [0, 0.1) is 0 Å². The largest absolute Gasteiger partial charge is 0.494 e. The fourth-order valence-corrected chi connectivity index (χ4v) is 6.09. The monoisotopic (exact) mass is 420 g/mol. The molecular formula is C20H21ClN2O4S. The van der Waals surface area contributed by atoms with Crippen LogP contribution < -0.4 is 9.64 Å². The van der Waals surface area contributed by atoms with Gasteiger partial charge in [0.2, 0.25) is 0 Å². The Labute approximate surface area is 169 Å². The maximum absolute atomic E-state index is 13.2. The molecule has 0 spiro atoms. The number of amides is 2. The van der Waals surface area contributed by atoms with E-state index in [1.54, 1.807) is 40.1 Å². The topological polar surface area (TPSA) is 66.9 Å². The summed E-state index contributed by atoms with van der Waals surface area (Å²) in [6.07, 6.45) is 0. The highest BCUT2D eigenvalue weighted by Gasteiger charge is 2.53. The number of hydrogen-bond donors (Lipinski definition) is 0. The van der Waals surface area contributed by atoms with Gasteiger partial charge in [0.1, 0.15) is 5.75 Å². The number of carbonyl (C=O) groups excluding carboxylic acids is 1. The molecule has 2 aliphatic heterocycles. The van der Waals surface area contributed by atoms with Gasteiger partial charge in [-0.25, -0.2) is 13.2 Å². The second-order valence-corrected chi connectivity index (χ2v) is 9.57. The number of fused-ring (bicyclic) bond motifs is 1. The van der Waals surface area contributed by atoms with Gasteiger partial charge in [-0.1, -0.05) is 29.8 Å². The smallest absolute Gasteiger partial charge is 0.325 e. The number of anilines is 1. The van der Waals surface area contributed by atoms with Crippen LogP contribution in [0.1, 0.15) is 12.5 Å². The van der Waals surface area contributed by atoms with Gasteiger partial charge in [-0.3, -0.25) is 4.90 Å². The number of sulfone groups is 1. The van der Waals surface area contributed by atoms with Gasteiger partial charge in [0.15, 0.2) is 9.84 Å². The van der Waals surface area contributed by atoms with Crippen molar-refractivity contribution >= 4 is 33.2 Å². The first kappa shape index (κ1) is 19.1. The van der Waals surface area contributed by atoms with E-state index in [0.29, 0.717) is 23.1 Å². The third kappa shape index (κ3) is 3.44. The number of ether oxygens (including phenoxy) is 1. The number of rotatable bonds is 5. The normalized spacial score (nSPS) is 23.1. The Hall–Kier alpha value is -2.25. The molecule has 2 aliphatic rings. The lowest BCUT2D eigenvalue weighted by Gasteiger charge is -2.23. The molecule has 0 bridgehead atoms. The zero-order valence-electron chi connectivity index (χ0n) is 15.4. The van der Waals surface area contributed by atoms with Gasteiger partial charge in [-0.05, 0) is 42.8 Å². The quantitative estimate of drug-likeness (QED) is 0.696. The lowest BCUT2D eigenvalue weighted by atomic mass is 10.1. The molecule has 4 rings (SSSR count). The first-order chi connectivity index (χ1) is 13.4. The summed E-state index contributed by atoms with van der Waals surface area (Å²) in [5.74, 6) is 0.651. The standard InChI is InChI=1S/C20H21ClN2O4S/c1-2-27-16-9-7-15(8-10-16)23-19-13-28(25,26)12-18(19)22(20(23)24)11-14-5-3-4-6-17(14)21/h3-10,18-19H,2,11-13H2,1H3/t18-,19-/m1/s1. The van der Waals surface area contributed by atoms with E-state index in [1.165, 1.54) is 0 Å². The number of nitrogens with zero attached hydrogens (tertiary/aromatic N) is 2. The van der Waals surface area contributed by atoms with E-state index in [2.05, 4.69) is 0 Å². The van der Waals surface area contributed by atoms with Gasteiger partial charge < -0.3 is 9.64 Å². The lowest BCUT2D eigenvalue weighted by Crippen LogP contribution is -2.37. The van der Waals surface area contributed by atoms with Gasteiger partial charge in [-0.15, -0.1) is 0 Å². The molecule has 2 saturated heterocycles. The average molecular weight is 421 g/mol. The molecule has 0 aromatic heterocycles. The number of urea groups is 1. The van der Waals surface area contributed by atoms with Crippen molar-refractivity contribution in [3.63, 3.8) is 0 Å². The Balaban J connectivity index is 1.67. The van der Waals surface area contributed by atoms with Crippen molar-refractivity contribution in [1.82, 2.24) is 4.90 Å². The number of hydrogen-bond acceptors (Lipinski definition) is 4. The van der Waals surface area contributed by atoms with Gasteiger partial charge in [-0.2, -0.15) is 0 Å². The van der Waals surface area contributed by atoms with Gasteiger partial charge >= 0.3 is 6.03 Å². The molecular weight excluding hydrogens is 400 g/mol. The molecule has 2 heterocycles. The fourth-order valence-electron chi connectivity index (χ4n) is 3.94. The van der Waals surface area contributed by atoms with Crippen molar-refractivity contribution in [2.75, 3.05) is 23.0 Å². The first-order valence-corrected chi connectivity index (χ1v) is 11.4. The molecule has 2 atom stereocenters. The summed E-state index contributed by atoms with van der Waals surface area (Å²) in [7, 11) is -3.22. The van der Waals surface area contributed by atoms with E-state index in [9.17, 15) is 13.2 Å². The van der Waals surface area contributed by atoms with E-state index in [0.717, 1.165) is 5.56 Å². The summed E-state index contributed by atoms with van der Waals surface area (Å²) in [5.41, 5.74) is 1.47. The zero-order valence-corrected chi connectivity index (χ0v) is 17.0. The minimum absolute atomic E-state index is 0.0264. The van der Waals surface area contributed by atoms with Gasteiger partial charge in [0.25, 0.3) is 0 Å². The number of halogens is 1. The molecule has 2 fully saturated rings. The summed E-state index contributed by atoms with van der Waals surface area (Å²) >= 11 is 6.27. The summed E-state index contributed by atoms with van der Waals surface area (Å²) in [5, 5.41) is 0.562. The predicted molar refractivity (Wildman–Crippen MR) is 109 cm³/mol. The van der Waals surface area contributed by atoms with Crippen molar-refractivity contribution in [2.45, 2.75) is 25.6 Å². The third-order valence-corrected chi connectivity index (χ3v) is 7.27. The minimum Gasteiger partial charge on any atom is -0.494 e. The molecule has 148 valence electrons. The highest BCUT2D eigenvalue weighted by atomic mass is 35.5. The van der Waals surface area contributed by atoms with Crippen LogP contribution in [0.3, 0.4) is 0 Å². The Morgan fingerprint density at radius 2 is 1.75 bits per heavy atom. The molecule has 28 heavy (non-hydrogen) atoms. The van der Waals surface area contributed by atoms with Crippen molar-refractivity contribution in [3.8, 4) is 5.75 Å². The van der Waals surface area contributed by atoms with E-state index < -0.39 is 15.9 Å². The van der Waals surface area contributed by atoms with Crippen LogP contribution in [0.15, 0.2) is 48.5 Å². The van der Waals surface area contributed by atoms with Crippen LogP contribution in [-0.4, -0.2) is 49.5 Å². The summed E-state index contributed by atoms with van der Waals surface area (Å²) in [6.45, 7) is 2.73. The first-order valence-electron chi connectivity index (χ1n) is 9.16. The molecule has 2 aromatic carbocycles. The molecule has 0 aliphatic carbocycles. The molecule has 2 amide bonds. The molecule has 0 radical (unpaired) electrons. The van der Waals surface area contributed by atoms with Gasteiger partial charge in [0, 0.05) is 17.3 Å². The van der Waals surface area contributed by atoms with Crippen molar-refractivity contribution in [1.29, 1.82) is 0 Å². The second kappa shape index (κ2) is 7.29. The maximum Gasteiger partial charge on any atom is 0.325 e. The SMILES string of the molecule is CCOc1ccc(N2C(=O)N(Cc3ccccc3Cl)[C@@H]3CS(=O)(=O)C[C@H]32)cc1. The average Bonchev–Trinajstić information content (AvgIpc) is 3.08. The molecule has 0 unspecified atom stereocenters. The van der Waals surface area contributed by atoms with Crippen molar-refractivity contribution < 1.29 is 17.9 Å². The van der Waals surface area contributed by atoms with Crippen molar-refractivity contribution in [2.24, 2.45) is 0 Å². The van der Waals surface area contributed by atoms with Crippen LogP contribution in [0.2, 0.25) is 5.02 Å². The van der Waals surface area contributed by atoms with Crippen LogP contribution >= 0.6 is 11.6 Å². The maximum atomic E-state index is 13.2. The van der Waals surface area contributed by atoms with Crippen LogP contribution in [0.5, 0.6) is 5.75 Å². The van der Waals surface area contributed by atoms with Crippen molar-refractivity contribution in [3.05, 3.63) is 59.1 Å². The van der Waals surface area contributed by atoms with E-state index in [-0.39, 0.29) is 30.1 Å². The third-order valence-electron chi connectivity index (χ3n) is 5.20. The number of carbonyl (C=O) groups is 1. The Morgan fingerprint density at radius 1 is 1.07 bits per heavy atom. The van der Waals surface area contributed by atoms with Crippen LogP contribution in [-0.2, 0) is 16.4 Å². The molecule has 6 nitrogen and oxygen atoms in total. The number of benzene rings is 2. The summed E-state index contributed by atoms with van der Waals surface area (Å²) in [4.78, 5) is 16.5. The Morgan fingerprint density at radius 3 is 2.43 bits per heavy atom. The summed E-state index contributed by atoms with van der Waals surface area (Å²) in [6, 6.07) is 13.5. The van der Waals surface area contributed by atoms with E-state index >= 15 is 0 Å². The lowest BCUT2D eigenvalue weighted by molar-refractivity contribution is 0.206. The Bertz CT molecular complexity index is 994. The Kier molecular flexibility index (Phi) is 4.97. The minimum atomic E-state index is -3.22. The molecule has 8 heteroatoms. The highest BCUT2D eigenvalue weighted by Crippen LogP contribution is 2.37. The van der Waals surface area contributed by atoms with Gasteiger partial charge in [0.05, 0.1) is 30.2 Å². The van der Waals surface area contributed by atoms with Crippen LogP contribution in [0.25, 0.3) is 0 Å². The van der Waals surface area contributed by atoms with E-state index in [4.69, 9.17) is 16.3 Å². The summed E-state index contributed by atoms with van der Waals surface area (Å²) < 4.78 is 30.1. The van der Waals surface area contributed by atoms with E-state index in [1.807, 2.05) is 25.1 Å². The second-order valence-electron chi connectivity index (χ2n) is 7.01. The highest BCUT2D eigenvalue weighted by molar-refractivity contribution is 7.91. The fraction of sp³-hybridized carbons (Fsp3) is 0.350. The predicted octanol–water partition coefficient (Wildman–Crippen LogP) is 3.35. The zero-order chi connectivity index (χ0) is 19.9. The van der Waals surface area contributed by atoms with Crippen LogP contribution in [0.4, 0.5) is 10.5 Å². The molecule has 0 saturated carbocycles. The molecule has 2 aromatic rings. The molecule has 0 N–H and O–H groups in total.